The molecule has 7 unspecified atom stereocenters. The van der Waals surface area contributed by atoms with Gasteiger partial charge in [0.1, 0.15) is 6.04 Å². The first kappa shape index (κ1) is 46.9. The summed E-state index contributed by atoms with van der Waals surface area (Å²) in [6, 6.07) is -1.33. The minimum absolute atomic E-state index is 0.0532. The molecular formula is C41H66N4O13. The fourth-order valence-corrected chi connectivity index (χ4v) is 12.1. The monoisotopic (exact) mass is 822 g/mol. The van der Waals surface area contributed by atoms with Crippen LogP contribution in [0, 0.1) is 46.3 Å². The molecule has 17 heteroatoms. The Morgan fingerprint density at radius 1 is 0.621 bits per heavy atom. The van der Waals surface area contributed by atoms with E-state index in [1.807, 2.05) is 0 Å². The second kappa shape index (κ2) is 20.4. The zero-order chi connectivity index (χ0) is 42.9. The third kappa shape index (κ3) is 12.1. The molecule has 1 amide bonds. The van der Waals surface area contributed by atoms with Crippen LogP contribution in [0.4, 0.5) is 0 Å². The highest BCUT2D eigenvalue weighted by Gasteiger charge is 2.60. The second-order valence-electron chi connectivity index (χ2n) is 18.3. The molecule has 0 aromatic rings. The maximum Gasteiger partial charge on any atom is 0.320 e. The molecule has 4 saturated carbocycles. The van der Waals surface area contributed by atoms with Gasteiger partial charge in [0.05, 0.1) is 26.2 Å². The molecule has 4 aliphatic rings. The van der Waals surface area contributed by atoms with Crippen LogP contribution in [0.2, 0.25) is 0 Å². The van der Waals surface area contributed by atoms with Gasteiger partial charge in [-0.05, 0) is 117 Å². The van der Waals surface area contributed by atoms with Crippen molar-refractivity contribution in [2.24, 2.45) is 46.3 Å². The van der Waals surface area contributed by atoms with Crippen LogP contribution in [-0.4, -0.2) is 152 Å². The Morgan fingerprint density at radius 2 is 1.16 bits per heavy atom. The Kier molecular flexibility index (Phi) is 16.5. The van der Waals surface area contributed by atoms with Gasteiger partial charge in [0, 0.05) is 45.1 Å². The Bertz CT molecular complexity index is 1440. The molecular weight excluding hydrogens is 756 g/mol. The third-order valence-electron chi connectivity index (χ3n) is 14.8. The summed E-state index contributed by atoms with van der Waals surface area (Å²) in [7, 11) is 0. The van der Waals surface area contributed by atoms with Crippen LogP contribution in [0.3, 0.4) is 0 Å². The zero-order valence-corrected chi connectivity index (χ0v) is 34.4. The Balaban J connectivity index is 1.37. The van der Waals surface area contributed by atoms with Gasteiger partial charge >= 0.3 is 35.8 Å². The van der Waals surface area contributed by atoms with Gasteiger partial charge in [-0.3, -0.25) is 48.3 Å². The van der Waals surface area contributed by atoms with E-state index in [1.54, 1.807) is 0 Å². The van der Waals surface area contributed by atoms with E-state index in [0.717, 1.165) is 48.3 Å². The smallest absolute Gasteiger partial charge is 0.320 e. The molecule has 17 nitrogen and oxygen atoms in total. The molecule has 10 atom stereocenters. The molecule has 0 saturated heterocycles. The van der Waals surface area contributed by atoms with Crippen LogP contribution in [0.15, 0.2) is 0 Å². The Hall–Kier alpha value is -3.83. The number of nitrogens with one attached hydrogen (secondary N) is 1. The summed E-state index contributed by atoms with van der Waals surface area (Å²) in [6.07, 6.45) is 10.3. The molecule has 0 heterocycles. The molecule has 0 aliphatic heterocycles. The summed E-state index contributed by atoms with van der Waals surface area (Å²) in [6.45, 7) is 4.07. The van der Waals surface area contributed by atoms with E-state index in [0.29, 0.717) is 35.5 Å². The minimum atomic E-state index is -1.28. The Morgan fingerprint density at radius 3 is 1.67 bits per heavy atom. The average Bonchev–Trinajstić information content (AvgIpc) is 3.47. The fourth-order valence-electron chi connectivity index (χ4n) is 12.1. The first-order valence-corrected chi connectivity index (χ1v) is 21.0. The normalized spacial score (nSPS) is 30.2. The molecule has 4 fully saturated rings. The number of hydrogen-bond acceptors (Lipinski definition) is 10. The molecule has 4 aliphatic carbocycles. The van der Waals surface area contributed by atoms with Gasteiger partial charge in [0.15, 0.2) is 0 Å². The van der Waals surface area contributed by atoms with Crippen molar-refractivity contribution in [1.29, 1.82) is 0 Å². The summed E-state index contributed by atoms with van der Waals surface area (Å²) in [4.78, 5) is 86.6. The van der Waals surface area contributed by atoms with Gasteiger partial charge in [-0.1, -0.05) is 20.8 Å². The highest BCUT2D eigenvalue weighted by Crippen LogP contribution is 2.68. The standard InChI is InChI=1S/C41H66N4O13/c1-25(4-11-34(47)48)29-7-8-30-28-6-5-26-20-27(12-14-40(26,2)31(28)13-15-41(29,30)3)42-33(46)10-9-32(39(57)58)45(18-16-43(21-35(49)50)22-36(51)52)19-17-44(23-37(53)54)24-38(55)56/h25-32H,4-24H2,1-3H3,(H,42,46)(H,47,48)(H,49,50)(H,51,52)(H,53,54)(H,55,56)(H,57,58)/t25?,26-,27?,28?,29?,30?,31?,32?,40+,41-/m1/s1. The summed E-state index contributed by atoms with van der Waals surface area (Å²) < 4.78 is 0. The summed E-state index contributed by atoms with van der Waals surface area (Å²) in [5, 5.41) is 59.9. The average molecular weight is 823 g/mol. The predicted octanol–water partition coefficient (Wildman–Crippen LogP) is 3.11. The summed E-state index contributed by atoms with van der Waals surface area (Å²) >= 11 is 0. The van der Waals surface area contributed by atoms with Crippen LogP contribution in [0.25, 0.3) is 0 Å². The van der Waals surface area contributed by atoms with Crippen molar-refractivity contribution < 1.29 is 64.2 Å². The van der Waals surface area contributed by atoms with Crippen molar-refractivity contribution in [3.63, 3.8) is 0 Å². The van der Waals surface area contributed by atoms with Gasteiger partial charge in [-0.15, -0.1) is 0 Å². The largest absolute Gasteiger partial charge is 0.481 e. The second-order valence-corrected chi connectivity index (χ2v) is 18.3. The fraction of sp³-hybridized carbons (Fsp3) is 0.829. The van der Waals surface area contributed by atoms with E-state index in [1.165, 1.54) is 30.6 Å². The van der Waals surface area contributed by atoms with Crippen LogP contribution in [0.5, 0.6) is 0 Å². The van der Waals surface area contributed by atoms with E-state index in [2.05, 4.69) is 26.1 Å². The van der Waals surface area contributed by atoms with Gasteiger partial charge in [-0.25, -0.2) is 0 Å². The number of carbonyl (C=O) groups excluding carboxylic acids is 1. The maximum atomic E-state index is 13.4. The zero-order valence-electron chi connectivity index (χ0n) is 34.4. The molecule has 7 N–H and O–H groups in total. The number of carboxylic acids is 6. The number of aliphatic carboxylic acids is 6. The van der Waals surface area contributed by atoms with Crippen molar-refractivity contribution in [2.75, 3.05) is 52.4 Å². The van der Waals surface area contributed by atoms with E-state index >= 15 is 0 Å². The highest BCUT2D eigenvalue weighted by molar-refractivity contribution is 5.79. The predicted molar refractivity (Wildman–Crippen MR) is 209 cm³/mol. The molecule has 0 radical (unpaired) electrons. The van der Waals surface area contributed by atoms with Gasteiger partial charge in [0.25, 0.3) is 0 Å². The van der Waals surface area contributed by atoms with E-state index in [4.69, 9.17) is 0 Å². The molecule has 4 rings (SSSR count). The van der Waals surface area contributed by atoms with Crippen LogP contribution < -0.4 is 5.32 Å². The number of carboxylic acid groups (broad SMARTS) is 6. The van der Waals surface area contributed by atoms with Crippen molar-refractivity contribution in [3.8, 4) is 0 Å². The van der Waals surface area contributed by atoms with Gasteiger partial charge in [-0.2, -0.15) is 0 Å². The number of fused-ring (bicyclic) bond motifs is 5. The lowest BCUT2D eigenvalue weighted by Gasteiger charge is -2.61. The SMILES string of the molecule is CC(CCC(=O)O)C1CCC2C3CC[C@@H]4CC(NC(=O)CCC(C(=O)O)N(CCN(CC(=O)O)CC(=O)O)CCN(CC(=O)O)CC(=O)O)CC[C@]4(C)C3CC[C@]12C. The molecule has 58 heavy (non-hydrogen) atoms. The van der Waals surface area contributed by atoms with Crippen LogP contribution in [0.1, 0.15) is 104 Å². The van der Waals surface area contributed by atoms with Crippen molar-refractivity contribution in [2.45, 2.75) is 116 Å². The third-order valence-corrected chi connectivity index (χ3v) is 14.8. The van der Waals surface area contributed by atoms with Crippen LogP contribution in [-0.2, 0) is 33.6 Å². The molecule has 0 bridgehead atoms. The van der Waals surface area contributed by atoms with Crippen molar-refractivity contribution in [1.82, 2.24) is 20.0 Å². The molecule has 328 valence electrons. The van der Waals surface area contributed by atoms with E-state index in [-0.39, 0.29) is 68.2 Å². The number of carbonyl (C=O) groups is 7. The summed E-state index contributed by atoms with van der Waals surface area (Å²) in [5.41, 5.74) is 0.404. The van der Waals surface area contributed by atoms with Crippen LogP contribution >= 0.6 is 0 Å². The number of nitrogens with zero attached hydrogens (tertiary/aromatic N) is 3. The van der Waals surface area contributed by atoms with Crippen molar-refractivity contribution in [3.05, 3.63) is 0 Å². The quantitative estimate of drug-likeness (QED) is 0.0738. The highest BCUT2D eigenvalue weighted by atomic mass is 16.4. The van der Waals surface area contributed by atoms with E-state index in [9.17, 15) is 64.2 Å². The number of amides is 1. The lowest BCUT2D eigenvalue weighted by atomic mass is 9.44. The number of rotatable bonds is 24. The van der Waals surface area contributed by atoms with Crippen molar-refractivity contribution >= 4 is 41.7 Å². The summed E-state index contributed by atoms with van der Waals surface area (Å²) in [5.74, 6) is -4.14. The topological polar surface area (TPSA) is 263 Å². The minimum Gasteiger partial charge on any atom is -0.481 e. The van der Waals surface area contributed by atoms with Gasteiger partial charge < -0.3 is 36.0 Å². The molecule has 0 spiro atoms. The molecule has 0 aromatic heterocycles. The maximum absolute atomic E-state index is 13.4. The Labute approximate surface area is 340 Å². The lowest BCUT2D eigenvalue weighted by Crippen LogP contribution is -2.55. The van der Waals surface area contributed by atoms with Gasteiger partial charge in [0.2, 0.25) is 5.91 Å². The first-order valence-electron chi connectivity index (χ1n) is 21.0. The molecule has 0 aromatic carbocycles. The lowest BCUT2D eigenvalue weighted by molar-refractivity contribution is -0.146. The first-order chi connectivity index (χ1) is 27.2. The number of hydrogen-bond donors (Lipinski definition) is 7. The van der Waals surface area contributed by atoms with E-state index < -0.39 is 68.0 Å².